The van der Waals surface area contributed by atoms with E-state index in [2.05, 4.69) is 0 Å². The lowest BCUT2D eigenvalue weighted by atomic mass is 10.1. The molecule has 1 saturated heterocycles. The molecule has 1 aliphatic rings. The summed E-state index contributed by atoms with van der Waals surface area (Å²) in [5.41, 5.74) is 0.723. The Kier molecular flexibility index (Phi) is 6.57. The molecule has 0 aliphatic carbocycles. The number of carbonyl (C=O) groups is 1. The molecule has 0 atom stereocenters. The van der Waals surface area contributed by atoms with Crippen molar-refractivity contribution in [2.75, 3.05) is 40.4 Å². The van der Waals surface area contributed by atoms with Crippen molar-refractivity contribution < 1.29 is 31.5 Å². The minimum atomic E-state index is -4.33. The van der Waals surface area contributed by atoms with Crippen molar-refractivity contribution in [3.63, 3.8) is 0 Å². The molecule has 1 amide bonds. The van der Waals surface area contributed by atoms with E-state index in [1.54, 1.807) is 18.2 Å². The highest BCUT2D eigenvalue weighted by Crippen LogP contribution is 2.28. The van der Waals surface area contributed by atoms with Crippen LogP contribution in [0, 0.1) is 11.6 Å². The Morgan fingerprint density at radius 2 is 1.57 bits per heavy atom. The fraction of sp³-hybridized carbons (Fsp3) is 0.350. The maximum absolute atomic E-state index is 13.9. The van der Waals surface area contributed by atoms with E-state index in [0.717, 1.165) is 28.1 Å². The Bertz CT molecular complexity index is 1020. The predicted molar refractivity (Wildman–Crippen MR) is 105 cm³/mol. The first-order valence-electron chi connectivity index (χ1n) is 9.20. The summed E-state index contributed by atoms with van der Waals surface area (Å²) in [4.78, 5) is 13.2. The van der Waals surface area contributed by atoms with Crippen LogP contribution in [-0.4, -0.2) is 63.9 Å². The molecule has 0 saturated carbocycles. The first kappa shape index (κ1) is 22.0. The molecule has 162 valence electrons. The second kappa shape index (κ2) is 8.97. The molecule has 1 fully saturated rings. The number of nitrogens with zero attached hydrogens (tertiary/aromatic N) is 2. The van der Waals surface area contributed by atoms with Crippen LogP contribution in [0.5, 0.6) is 11.5 Å². The molecule has 2 aromatic carbocycles. The summed E-state index contributed by atoms with van der Waals surface area (Å²) in [6, 6.07) is 8.07. The summed E-state index contributed by atoms with van der Waals surface area (Å²) in [5, 5.41) is 0. The van der Waals surface area contributed by atoms with Gasteiger partial charge in [0.1, 0.15) is 11.6 Å². The first-order chi connectivity index (χ1) is 14.3. The van der Waals surface area contributed by atoms with E-state index < -0.39 is 26.6 Å². The lowest BCUT2D eigenvalue weighted by molar-refractivity contribution is -0.131. The van der Waals surface area contributed by atoms with Crippen molar-refractivity contribution >= 4 is 15.9 Å². The number of amides is 1. The minimum absolute atomic E-state index is 0.0478. The maximum Gasteiger partial charge on any atom is 0.249 e. The van der Waals surface area contributed by atoms with Crippen LogP contribution in [0.3, 0.4) is 0 Å². The van der Waals surface area contributed by atoms with Crippen LogP contribution in [0.25, 0.3) is 0 Å². The van der Waals surface area contributed by atoms with Crippen molar-refractivity contribution in [3.8, 4) is 11.5 Å². The third kappa shape index (κ3) is 4.39. The van der Waals surface area contributed by atoms with Gasteiger partial charge in [0.25, 0.3) is 0 Å². The van der Waals surface area contributed by atoms with E-state index in [4.69, 9.17) is 9.47 Å². The lowest BCUT2D eigenvalue weighted by Gasteiger charge is -2.34. The average Bonchev–Trinajstić information content (AvgIpc) is 2.73. The smallest absolute Gasteiger partial charge is 0.249 e. The van der Waals surface area contributed by atoms with Crippen LogP contribution in [-0.2, 0) is 21.2 Å². The highest BCUT2D eigenvalue weighted by atomic mass is 32.2. The monoisotopic (exact) mass is 440 g/mol. The molecule has 2 aromatic rings. The molecule has 10 heteroatoms. The number of piperazine rings is 1. The Labute approximate surface area is 173 Å². The maximum atomic E-state index is 13.9. The molecule has 1 heterocycles. The van der Waals surface area contributed by atoms with Crippen LogP contribution in [0.4, 0.5) is 8.78 Å². The fourth-order valence-electron chi connectivity index (χ4n) is 3.31. The summed E-state index contributed by atoms with van der Waals surface area (Å²) in [6.45, 7) is 0.157. The number of benzene rings is 2. The number of carbonyl (C=O) groups excluding carboxylic acids is 1. The summed E-state index contributed by atoms with van der Waals surface area (Å²) in [6.07, 6.45) is 0.106. The quantitative estimate of drug-likeness (QED) is 0.687. The SMILES string of the molecule is COc1ccc(CC(=O)N2CCN(S(=O)(=O)c3c(F)cccc3F)CC2)cc1OC. The summed E-state index contributed by atoms with van der Waals surface area (Å²) >= 11 is 0. The van der Waals surface area contributed by atoms with Crippen LogP contribution in [0.1, 0.15) is 5.56 Å². The molecule has 7 nitrogen and oxygen atoms in total. The Balaban J connectivity index is 1.66. The molecule has 3 rings (SSSR count). The molecule has 0 unspecified atom stereocenters. The zero-order valence-electron chi connectivity index (χ0n) is 16.6. The molecule has 0 aromatic heterocycles. The van der Waals surface area contributed by atoms with Crippen molar-refractivity contribution in [1.82, 2.24) is 9.21 Å². The van der Waals surface area contributed by atoms with Crippen LogP contribution >= 0.6 is 0 Å². The van der Waals surface area contributed by atoms with Gasteiger partial charge in [-0.25, -0.2) is 17.2 Å². The molecule has 30 heavy (non-hydrogen) atoms. The summed E-state index contributed by atoms with van der Waals surface area (Å²) in [7, 11) is -1.31. The van der Waals surface area contributed by atoms with E-state index in [1.807, 2.05) is 0 Å². The van der Waals surface area contributed by atoms with Crippen LogP contribution in [0.2, 0.25) is 0 Å². The zero-order valence-corrected chi connectivity index (χ0v) is 17.4. The fourth-order valence-corrected chi connectivity index (χ4v) is 4.84. The van der Waals surface area contributed by atoms with E-state index in [9.17, 15) is 22.0 Å². The Morgan fingerprint density at radius 3 is 2.13 bits per heavy atom. The second-order valence-electron chi connectivity index (χ2n) is 6.70. The second-order valence-corrected chi connectivity index (χ2v) is 8.58. The molecule has 1 aliphatic heterocycles. The van der Waals surface area contributed by atoms with Gasteiger partial charge in [0, 0.05) is 26.2 Å². The standard InChI is InChI=1S/C20H22F2N2O5S/c1-28-17-7-6-14(12-18(17)29-2)13-19(25)23-8-10-24(11-9-23)30(26,27)20-15(21)4-3-5-16(20)22/h3-7,12H,8-11,13H2,1-2H3. The normalized spacial score (nSPS) is 15.1. The van der Waals surface area contributed by atoms with Crippen LogP contribution in [0.15, 0.2) is 41.3 Å². The minimum Gasteiger partial charge on any atom is -0.493 e. The third-order valence-electron chi connectivity index (χ3n) is 4.91. The molecule has 0 N–H and O–H groups in total. The molecular weight excluding hydrogens is 418 g/mol. The van der Waals surface area contributed by atoms with E-state index >= 15 is 0 Å². The summed E-state index contributed by atoms with van der Waals surface area (Å²) in [5.74, 6) is -1.40. The largest absolute Gasteiger partial charge is 0.493 e. The number of hydrogen-bond donors (Lipinski definition) is 0. The Morgan fingerprint density at radius 1 is 0.967 bits per heavy atom. The van der Waals surface area contributed by atoms with E-state index in [1.165, 1.54) is 19.1 Å². The number of methoxy groups -OCH3 is 2. The van der Waals surface area contributed by atoms with E-state index in [0.29, 0.717) is 11.5 Å². The topological polar surface area (TPSA) is 76.2 Å². The van der Waals surface area contributed by atoms with Gasteiger partial charge in [0.2, 0.25) is 15.9 Å². The van der Waals surface area contributed by atoms with Gasteiger partial charge in [0.15, 0.2) is 16.4 Å². The van der Waals surface area contributed by atoms with Crippen molar-refractivity contribution in [1.29, 1.82) is 0 Å². The highest BCUT2D eigenvalue weighted by Gasteiger charge is 2.34. The van der Waals surface area contributed by atoms with Gasteiger partial charge >= 0.3 is 0 Å². The van der Waals surface area contributed by atoms with Gasteiger partial charge in [0.05, 0.1) is 20.6 Å². The van der Waals surface area contributed by atoms with Gasteiger partial charge in [-0.1, -0.05) is 12.1 Å². The lowest BCUT2D eigenvalue weighted by Crippen LogP contribution is -2.51. The molecule has 0 bridgehead atoms. The van der Waals surface area contributed by atoms with Crippen molar-refractivity contribution in [3.05, 3.63) is 53.6 Å². The zero-order chi connectivity index (χ0) is 21.9. The average molecular weight is 440 g/mol. The first-order valence-corrected chi connectivity index (χ1v) is 10.6. The summed E-state index contributed by atoms with van der Waals surface area (Å²) < 4.78 is 64.6. The number of sulfonamides is 1. The van der Waals surface area contributed by atoms with Gasteiger partial charge in [-0.3, -0.25) is 4.79 Å². The van der Waals surface area contributed by atoms with E-state index in [-0.39, 0.29) is 38.5 Å². The van der Waals surface area contributed by atoms with Gasteiger partial charge < -0.3 is 14.4 Å². The van der Waals surface area contributed by atoms with Crippen molar-refractivity contribution in [2.24, 2.45) is 0 Å². The van der Waals surface area contributed by atoms with Crippen molar-refractivity contribution in [2.45, 2.75) is 11.3 Å². The third-order valence-corrected chi connectivity index (χ3v) is 6.86. The number of halogens is 2. The van der Waals surface area contributed by atoms with Gasteiger partial charge in [-0.2, -0.15) is 4.31 Å². The predicted octanol–water partition coefficient (Wildman–Crippen LogP) is 2.06. The molecule has 0 radical (unpaired) electrons. The molecule has 0 spiro atoms. The van der Waals surface area contributed by atoms with Crippen LogP contribution < -0.4 is 9.47 Å². The highest BCUT2D eigenvalue weighted by molar-refractivity contribution is 7.89. The van der Waals surface area contributed by atoms with Gasteiger partial charge in [-0.15, -0.1) is 0 Å². The molecular formula is C20H22F2N2O5S. The number of ether oxygens (including phenoxy) is 2. The number of rotatable bonds is 6. The Hall–Kier alpha value is -2.72. The number of hydrogen-bond acceptors (Lipinski definition) is 5. The van der Waals surface area contributed by atoms with Gasteiger partial charge in [-0.05, 0) is 29.8 Å².